The Morgan fingerprint density at radius 2 is 1.72 bits per heavy atom. The standard InChI is InChI=1S/C33H33BrN4O5/c1-21(36(2)33(41)42)31(39)35-27-20-37(18-22-9-5-4-6-10-22)28-11-7-8-12-29(28)38(32(27)40)19-26-25-15-14-24(34)17-23(25)13-16-30(26)43-3/h4-17,21,27H,18-20H2,1-3H3,(H,35,39)(H,41,42)/t21-,27-/m0/s1. The van der Waals surface area contributed by atoms with Gasteiger partial charge in [-0.1, -0.05) is 70.5 Å². The van der Waals surface area contributed by atoms with Crippen molar-refractivity contribution >= 4 is 56.0 Å². The van der Waals surface area contributed by atoms with Gasteiger partial charge < -0.3 is 25.0 Å². The Balaban J connectivity index is 1.60. The maximum absolute atomic E-state index is 14.5. The molecule has 5 rings (SSSR count). The number of nitrogens with zero attached hydrogens (tertiary/aromatic N) is 3. The van der Waals surface area contributed by atoms with E-state index in [9.17, 15) is 19.5 Å². The van der Waals surface area contributed by atoms with Gasteiger partial charge >= 0.3 is 6.09 Å². The molecular formula is C33H33BrN4O5. The Kier molecular flexibility index (Phi) is 8.86. The first-order valence-corrected chi connectivity index (χ1v) is 14.7. The Labute approximate surface area is 258 Å². The summed E-state index contributed by atoms with van der Waals surface area (Å²) < 4.78 is 6.70. The van der Waals surface area contributed by atoms with Crippen LogP contribution in [0.2, 0.25) is 0 Å². The molecule has 2 N–H and O–H groups in total. The lowest BCUT2D eigenvalue weighted by Gasteiger charge is -2.29. The van der Waals surface area contributed by atoms with Gasteiger partial charge in [0.15, 0.2) is 0 Å². The Hall–Kier alpha value is -4.57. The summed E-state index contributed by atoms with van der Waals surface area (Å²) in [5.74, 6) is -0.220. The van der Waals surface area contributed by atoms with Crippen LogP contribution in [0.25, 0.3) is 10.8 Å². The number of benzene rings is 4. The summed E-state index contributed by atoms with van der Waals surface area (Å²) in [4.78, 5) is 44.0. The summed E-state index contributed by atoms with van der Waals surface area (Å²) >= 11 is 3.55. The molecule has 1 heterocycles. The topological polar surface area (TPSA) is 102 Å². The smallest absolute Gasteiger partial charge is 0.407 e. The van der Waals surface area contributed by atoms with Crippen molar-refractivity contribution in [1.29, 1.82) is 0 Å². The molecule has 10 heteroatoms. The normalized spacial score (nSPS) is 15.4. The van der Waals surface area contributed by atoms with E-state index in [4.69, 9.17) is 4.74 Å². The predicted molar refractivity (Wildman–Crippen MR) is 171 cm³/mol. The van der Waals surface area contributed by atoms with Gasteiger partial charge in [0.05, 0.1) is 25.0 Å². The van der Waals surface area contributed by atoms with E-state index in [2.05, 4.69) is 26.1 Å². The number of para-hydroxylation sites is 2. The number of amides is 3. The number of carboxylic acid groups (broad SMARTS) is 1. The van der Waals surface area contributed by atoms with E-state index in [1.807, 2.05) is 84.9 Å². The molecule has 222 valence electrons. The van der Waals surface area contributed by atoms with Crippen molar-refractivity contribution in [2.75, 3.05) is 30.5 Å². The second-order valence-electron chi connectivity index (χ2n) is 10.5. The number of fused-ring (bicyclic) bond motifs is 2. The van der Waals surface area contributed by atoms with Crippen molar-refractivity contribution in [1.82, 2.24) is 10.2 Å². The van der Waals surface area contributed by atoms with Crippen LogP contribution in [0.4, 0.5) is 16.2 Å². The van der Waals surface area contributed by atoms with Crippen LogP contribution >= 0.6 is 15.9 Å². The number of anilines is 2. The molecule has 0 saturated heterocycles. The van der Waals surface area contributed by atoms with E-state index in [-0.39, 0.29) is 19.0 Å². The van der Waals surface area contributed by atoms with Crippen LogP contribution in [-0.4, -0.2) is 60.7 Å². The number of carbonyl (C=O) groups excluding carboxylic acids is 2. The largest absolute Gasteiger partial charge is 0.496 e. The molecule has 4 aromatic rings. The summed E-state index contributed by atoms with van der Waals surface area (Å²) in [6.45, 7) is 2.38. The molecule has 0 fully saturated rings. The summed E-state index contributed by atoms with van der Waals surface area (Å²) in [5.41, 5.74) is 3.42. The minimum atomic E-state index is -1.23. The number of methoxy groups -OCH3 is 1. The Bertz CT molecular complexity index is 1660. The summed E-state index contributed by atoms with van der Waals surface area (Å²) in [6.07, 6.45) is -1.23. The maximum atomic E-state index is 14.5. The number of carbonyl (C=O) groups is 3. The third-order valence-corrected chi connectivity index (χ3v) is 8.35. The average molecular weight is 646 g/mol. The first-order valence-electron chi connectivity index (χ1n) is 13.9. The minimum Gasteiger partial charge on any atom is -0.496 e. The molecule has 0 aromatic heterocycles. The second-order valence-corrected chi connectivity index (χ2v) is 11.4. The highest BCUT2D eigenvalue weighted by molar-refractivity contribution is 9.10. The molecule has 0 spiro atoms. The van der Waals surface area contributed by atoms with Crippen molar-refractivity contribution in [3.8, 4) is 5.75 Å². The predicted octanol–water partition coefficient (Wildman–Crippen LogP) is 5.65. The summed E-state index contributed by atoms with van der Waals surface area (Å²) in [5, 5.41) is 14.2. The molecule has 9 nitrogen and oxygen atoms in total. The van der Waals surface area contributed by atoms with Crippen LogP contribution in [0, 0.1) is 0 Å². The molecule has 2 atom stereocenters. The fourth-order valence-electron chi connectivity index (χ4n) is 5.38. The highest BCUT2D eigenvalue weighted by Gasteiger charge is 2.36. The number of hydrogen-bond donors (Lipinski definition) is 2. The number of hydrogen-bond acceptors (Lipinski definition) is 5. The third kappa shape index (κ3) is 6.29. The van der Waals surface area contributed by atoms with E-state index in [1.165, 1.54) is 14.0 Å². The molecule has 0 bridgehead atoms. The third-order valence-electron chi connectivity index (χ3n) is 7.86. The van der Waals surface area contributed by atoms with Gasteiger partial charge in [-0.05, 0) is 53.6 Å². The molecule has 3 amide bonds. The second kappa shape index (κ2) is 12.7. The molecular weight excluding hydrogens is 612 g/mol. The van der Waals surface area contributed by atoms with E-state index in [0.717, 1.165) is 37.0 Å². The molecule has 0 radical (unpaired) electrons. The van der Waals surface area contributed by atoms with Crippen LogP contribution in [-0.2, 0) is 22.7 Å². The average Bonchev–Trinajstić information content (AvgIpc) is 3.11. The molecule has 0 aliphatic carbocycles. The van der Waals surface area contributed by atoms with Gasteiger partial charge in [-0.15, -0.1) is 0 Å². The molecule has 1 aliphatic rings. The molecule has 4 aromatic carbocycles. The zero-order valence-electron chi connectivity index (χ0n) is 24.2. The molecule has 0 unspecified atom stereocenters. The fourth-order valence-corrected chi connectivity index (χ4v) is 5.76. The number of ether oxygens (including phenoxy) is 1. The van der Waals surface area contributed by atoms with E-state index >= 15 is 0 Å². The number of likely N-dealkylation sites (N-methyl/N-ethyl adjacent to an activating group) is 1. The zero-order chi connectivity index (χ0) is 30.7. The zero-order valence-corrected chi connectivity index (χ0v) is 25.7. The highest BCUT2D eigenvalue weighted by atomic mass is 79.9. The number of rotatable bonds is 8. The van der Waals surface area contributed by atoms with Gasteiger partial charge in [-0.25, -0.2) is 4.79 Å². The van der Waals surface area contributed by atoms with Crippen molar-refractivity contribution in [2.24, 2.45) is 0 Å². The quantitative estimate of drug-likeness (QED) is 0.257. The lowest BCUT2D eigenvalue weighted by Crippen LogP contribution is -2.56. The van der Waals surface area contributed by atoms with Crippen LogP contribution in [0.5, 0.6) is 5.75 Å². The van der Waals surface area contributed by atoms with Crippen molar-refractivity contribution < 1.29 is 24.2 Å². The van der Waals surface area contributed by atoms with E-state index in [0.29, 0.717) is 18.0 Å². The van der Waals surface area contributed by atoms with Gasteiger partial charge in [0.2, 0.25) is 5.91 Å². The van der Waals surface area contributed by atoms with Gasteiger partial charge in [-0.3, -0.25) is 14.5 Å². The van der Waals surface area contributed by atoms with Gasteiger partial charge in [0.25, 0.3) is 5.91 Å². The maximum Gasteiger partial charge on any atom is 0.407 e. The Morgan fingerprint density at radius 1 is 1.02 bits per heavy atom. The monoisotopic (exact) mass is 644 g/mol. The first kappa shape index (κ1) is 29.9. The van der Waals surface area contributed by atoms with Crippen LogP contribution < -0.4 is 19.9 Å². The SMILES string of the molecule is COc1ccc2cc(Br)ccc2c1CN1C(=O)[C@@H](NC(=O)[C@H](C)N(C)C(=O)O)CN(Cc2ccccc2)c2ccccc21. The van der Waals surface area contributed by atoms with E-state index < -0.39 is 24.1 Å². The minimum absolute atomic E-state index is 0.189. The van der Waals surface area contributed by atoms with Crippen LogP contribution in [0.1, 0.15) is 18.1 Å². The van der Waals surface area contributed by atoms with Gasteiger partial charge in [-0.2, -0.15) is 0 Å². The number of halogens is 1. The number of nitrogens with one attached hydrogen (secondary N) is 1. The summed E-state index contributed by atoms with van der Waals surface area (Å²) in [7, 11) is 2.93. The van der Waals surface area contributed by atoms with Crippen molar-refractivity contribution in [2.45, 2.75) is 32.1 Å². The van der Waals surface area contributed by atoms with Crippen molar-refractivity contribution in [3.05, 3.63) is 101 Å². The van der Waals surface area contributed by atoms with Crippen LogP contribution in [0.15, 0.2) is 89.4 Å². The first-order chi connectivity index (χ1) is 20.7. The lowest BCUT2D eigenvalue weighted by molar-refractivity contribution is -0.129. The molecule has 1 aliphatic heterocycles. The van der Waals surface area contributed by atoms with Gasteiger partial charge in [0, 0.05) is 30.2 Å². The fraction of sp³-hybridized carbons (Fsp3) is 0.242. The van der Waals surface area contributed by atoms with Gasteiger partial charge in [0.1, 0.15) is 17.8 Å². The summed E-state index contributed by atoms with van der Waals surface area (Å²) in [6, 6.07) is 25.5. The molecule has 0 saturated carbocycles. The highest BCUT2D eigenvalue weighted by Crippen LogP contribution is 2.38. The lowest BCUT2D eigenvalue weighted by atomic mass is 10.0. The van der Waals surface area contributed by atoms with E-state index in [1.54, 1.807) is 12.0 Å². The molecule has 43 heavy (non-hydrogen) atoms. The Morgan fingerprint density at radius 3 is 2.42 bits per heavy atom. The van der Waals surface area contributed by atoms with Crippen LogP contribution in [0.3, 0.4) is 0 Å². The van der Waals surface area contributed by atoms with Crippen molar-refractivity contribution in [3.63, 3.8) is 0 Å².